The van der Waals surface area contributed by atoms with Crippen molar-refractivity contribution in [1.82, 2.24) is 5.32 Å². The van der Waals surface area contributed by atoms with Gasteiger partial charge < -0.3 is 5.32 Å². The van der Waals surface area contributed by atoms with E-state index in [9.17, 15) is 8.42 Å². The first-order chi connectivity index (χ1) is 10.1. The summed E-state index contributed by atoms with van der Waals surface area (Å²) >= 11 is 0. The van der Waals surface area contributed by atoms with Crippen LogP contribution in [0.25, 0.3) is 0 Å². The molecule has 0 bridgehead atoms. The lowest BCUT2D eigenvalue weighted by molar-refractivity contribution is 0.283. The molecule has 0 aromatic heterocycles. The molecule has 2 saturated carbocycles. The molecule has 0 amide bonds. The highest BCUT2D eigenvalue weighted by Gasteiger charge is 2.30. The van der Waals surface area contributed by atoms with Gasteiger partial charge in [0.25, 0.3) is 0 Å². The Labute approximate surface area is 131 Å². The molecule has 2 aliphatic carbocycles. The second-order valence-corrected chi connectivity index (χ2v) is 9.34. The molecule has 2 aliphatic rings. The van der Waals surface area contributed by atoms with E-state index >= 15 is 0 Å². The highest BCUT2D eigenvalue weighted by molar-refractivity contribution is 7.91. The molecule has 0 aromatic rings. The highest BCUT2D eigenvalue weighted by Crippen LogP contribution is 2.29. The van der Waals surface area contributed by atoms with E-state index < -0.39 is 9.84 Å². The predicted octanol–water partition coefficient (Wildman–Crippen LogP) is 3.54. The molecule has 3 nitrogen and oxygen atoms in total. The number of hydrogen-bond donors (Lipinski definition) is 1. The van der Waals surface area contributed by atoms with Gasteiger partial charge >= 0.3 is 0 Å². The second-order valence-electron chi connectivity index (χ2n) is 7.19. The van der Waals surface area contributed by atoms with Gasteiger partial charge in [-0.25, -0.2) is 8.42 Å². The zero-order valence-electron chi connectivity index (χ0n) is 13.6. The third kappa shape index (κ3) is 5.90. The Bertz CT molecular complexity index is 382. The van der Waals surface area contributed by atoms with Crippen molar-refractivity contribution < 1.29 is 8.42 Å². The van der Waals surface area contributed by atoms with E-state index in [1.807, 2.05) is 0 Å². The lowest BCUT2D eigenvalue weighted by Gasteiger charge is -2.31. The molecule has 2 rings (SSSR count). The van der Waals surface area contributed by atoms with E-state index in [-0.39, 0.29) is 6.04 Å². The normalized spacial score (nSPS) is 23.5. The van der Waals surface area contributed by atoms with E-state index in [4.69, 9.17) is 0 Å². The lowest BCUT2D eigenvalue weighted by Crippen LogP contribution is -2.43. The molecular formula is C17H33NO2S. The van der Waals surface area contributed by atoms with Crippen LogP contribution in [-0.2, 0) is 9.84 Å². The first kappa shape index (κ1) is 17.3. The fourth-order valence-electron chi connectivity index (χ4n) is 4.11. The molecule has 1 atom stereocenters. The molecule has 0 saturated heterocycles. The third-order valence-electron chi connectivity index (χ3n) is 5.27. The largest absolute Gasteiger partial charge is 0.313 e. The monoisotopic (exact) mass is 315 g/mol. The molecule has 0 aliphatic heterocycles. The van der Waals surface area contributed by atoms with E-state index in [2.05, 4.69) is 12.2 Å². The number of rotatable bonds is 8. The topological polar surface area (TPSA) is 46.2 Å². The molecule has 0 spiro atoms. The van der Waals surface area contributed by atoms with Crippen molar-refractivity contribution >= 4 is 9.84 Å². The van der Waals surface area contributed by atoms with Crippen LogP contribution in [0.3, 0.4) is 0 Å². The van der Waals surface area contributed by atoms with Crippen LogP contribution in [-0.4, -0.2) is 32.5 Å². The minimum Gasteiger partial charge on any atom is -0.313 e. The van der Waals surface area contributed by atoms with Gasteiger partial charge in [0, 0.05) is 6.04 Å². The van der Waals surface area contributed by atoms with Crippen LogP contribution in [0.1, 0.15) is 71.1 Å². The number of hydrogen-bond acceptors (Lipinski definition) is 3. The van der Waals surface area contributed by atoms with Gasteiger partial charge in [-0.3, -0.25) is 0 Å². The van der Waals surface area contributed by atoms with Crippen molar-refractivity contribution in [2.24, 2.45) is 11.8 Å². The van der Waals surface area contributed by atoms with Crippen molar-refractivity contribution in [2.75, 3.05) is 18.1 Å². The Kier molecular flexibility index (Phi) is 7.00. The first-order valence-corrected chi connectivity index (χ1v) is 10.9. The van der Waals surface area contributed by atoms with E-state index in [0.29, 0.717) is 23.3 Å². The molecule has 2 fully saturated rings. The molecule has 124 valence electrons. The standard InChI is InChI=1S/C17H33NO2S/c1-2-12-18-17(16-10-4-3-5-11-16)14-21(19,20)13-15-8-6-7-9-15/h15-18H,2-14H2,1H3. The van der Waals surface area contributed by atoms with Crippen LogP contribution in [0.15, 0.2) is 0 Å². The minimum atomic E-state index is -2.91. The van der Waals surface area contributed by atoms with Crippen molar-refractivity contribution in [3.05, 3.63) is 0 Å². The predicted molar refractivity (Wildman–Crippen MR) is 89.3 cm³/mol. The Hall–Kier alpha value is -0.0900. The lowest BCUT2D eigenvalue weighted by atomic mass is 9.84. The van der Waals surface area contributed by atoms with Crippen LogP contribution in [0.2, 0.25) is 0 Å². The highest BCUT2D eigenvalue weighted by atomic mass is 32.2. The average molecular weight is 316 g/mol. The van der Waals surface area contributed by atoms with Gasteiger partial charge in [-0.15, -0.1) is 0 Å². The van der Waals surface area contributed by atoms with Crippen molar-refractivity contribution in [1.29, 1.82) is 0 Å². The minimum absolute atomic E-state index is 0.191. The molecule has 0 aromatic carbocycles. The van der Waals surface area contributed by atoms with E-state index in [0.717, 1.165) is 25.8 Å². The van der Waals surface area contributed by atoms with Gasteiger partial charge in [0.15, 0.2) is 9.84 Å². The Morgan fingerprint density at radius 3 is 2.24 bits per heavy atom. The summed E-state index contributed by atoms with van der Waals surface area (Å²) in [5.74, 6) is 1.81. The number of sulfone groups is 1. The van der Waals surface area contributed by atoms with Crippen LogP contribution in [0, 0.1) is 11.8 Å². The molecule has 0 radical (unpaired) electrons. The molecule has 1 N–H and O–H groups in total. The SMILES string of the molecule is CCCNC(CS(=O)(=O)CC1CCCC1)C1CCCCC1. The van der Waals surface area contributed by atoms with Gasteiger partial charge in [0.1, 0.15) is 0 Å². The van der Waals surface area contributed by atoms with Crippen LogP contribution in [0.5, 0.6) is 0 Å². The molecule has 21 heavy (non-hydrogen) atoms. The summed E-state index contributed by atoms with van der Waals surface area (Å²) < 4.78 is 25.1. The molecular weight excluding hydrogens is 282 g/mol. The molecule has 0 heterocycles. The summed E-state index contributed by atoms with van der Waals surface area (Å²) in [6, 6.07) is 0.191. The van der Waals surface area contributed by atoms with Crippen LogP contribution >= 0.6 is 0 Å². The summed E-state index contributed by atoms with van der Waals surface area (Å²) in [6.07, 6.45) is 12.1. The fraction of sp³-hybridized carbons (Fsp3) is 1.00. The quantitative estimate of drug-likeness (QED) is 0.745. The van der Waals surface area contributed by atoms with Crippen LogP contribution in [0.4, 0.5) is 0 Å². The van der Waals surface area contributed by atoms with E-state index in [1.165, 1.54) is 44.9 Å². The Morgan fingerprint density at radius 1 is 1.00 bits per heavy atom. The van der Waals surface area contributed by atoms with Crippen molar-refractivity contribution in [2.45, 2.75) is 77.2 Å². The second kappa shape index (κ2) is 8.52. The summed E-state index contributed by atoms with van der Waals surface area (Å²) in [5, 5.41) is 3.54. The van der Waals surface area contributed by atoms with Crippen molar-refractivity contribution in [3.8, 4) is 0 Å². The summed E-state index contributed by atoms with van der Waals surface area (Å²) in [7, 11) is -2.91. The molecule has 1 unspecified atom stereocenters. The fourth-order valence-corrected chi connectivity index (χ4v) is 6.23. The Morgan fingerprint density at radius 2 is 1.62 bits per heavy atom. The maximum absolute atomic E-state index is 12.6. The van der Waals surface area contributed by atoms with E-state index in [1.54, 1.807) is 0 Å². The van der Waals surface area contributed by atoms with Gasteiger partial charge in [-0.05, 0) is 50.5 Å². The zero-order valence-corrected chi connectivity index (χ0v) is 14.5. The maximum Gasteiger partial charge on any atom is 0.152 e. The summed E-state index contributed by atoms with van der Waals surface area (Å²) in [6.45, 7) is 3.10. The Balaban J connectivity index is 1.91. The average Bonchev–Trinajstić information content (AvgIpc) is 2.96. The van der Waals surface area contributed by atoms with Crippen molar-refractivity contribution in [3.63, 3.8) is 0 Å². The van der Waals surface area contributed by atoms with Gasteiger partial charge in [-0.2, -0.15) is 0 Å². The van der Waals surface area contributed by atoms with Gasteiger partial charge in [0.05, 0.1) is 11.5 Å². The summed E-state index contributed by atoms with van der Waals surface area (Å²) in [4.78, 5) is 0. The molecule has 4 heteroatoms. The maximum atomic E-state index is 12.6. The zero-order chi connectivity index (χ0) is 15.1. The number of nitrogens with one attached hydrogen (secondary N) is 1. The first-order valence-electron chi connectivity index (χ1n) is 9.04. The summed E-state index contributed by atoms with van der Waals surface area (Å²) in [5.41, 5.74) is 0. The van der Waals surface area contributed by atoms with Gasteiger partial charge in [-0.1, -0.05) is 39.0 Å². The van der Waals surface area contributed by atoms with Gasteiger partial charge in [0.2, 0.25) is 0 Å². The van der Waals surface area contributed by atoms with Crippen LogP contribution < -0.4 is 5.32 Å². The third-order valence-corrected chi connectivity index (χ3v) is 7.12. The smallest absolute Gasteiger partial charge is 0.152 e.